The van der Waals surface area contributed by atoms with Crippen molar-refractivity contribution in [3.05, 3.63) is 47.3 Å². The van der Waals surface area contributed by atoms with Gasteiger partial charge in [-0.1, -0.05) is 6.07 Å². The molecule has 2 aromatic heterocycles. The fourth-order valence-electron chi connectivity index (χ4n) is 2.66. The molecule has 0 spiro atoms. The molecule has 29 heavy (non-hydrogen) atoms. The molecule has 3 rings (SSSR count). The Hall–Kier alpha value is -3.17. The van der Waals surface area contributed by atoms with E-state index in [1.54, 1.807) is 13.0 Å². The van der Waals surface area contributed by atoms with E-state index in [1.165, 1.54) is 31.3 Å². The zero-order chi connectivity index (χ0) is 21.2. The van der Waals surface area contributed by atoms with Gasteiger partial charge in [-0.2, -0.15) is 13.2 Å². The minimum atomic E-state index is -4.43. The molecule has 2 amide bonds. The summed E-state index contributed by atoms with van der Waals surface area (Å²) in [6.07, 6.45) is -3.24. The fourth-order valence-corrected chi connectivity index (χ4v) is 2.66. The number of amides is 2. The highest BCUT2D eigenvalue weighted by Crippen LogP contribution is 2.51. The predicted molar refractivity (Wildman–Crippen MR) is 97.3 cm³/mol. The third-order valence-electron chi connectivity index (χ3n) is 4.29. The third kappa shape index (κ3) is 5.01. The number of ether oxygens (including phenoxy) is 1. The van der Waals surface area contributed by atoms with Crippen molar-refractivity contribution in [3.8, 4) is 5.88 Å². The lowest BCUT2D eigenvalue weighted by Crippen LogP contribution is -2.37. The van der Waals surface area contributed by atoms with Gasteiger partial charge in [0.15, 0.2) is 0 Å². The molecule has 0 saturated heterocycles. The van der Waals surface area contributed by atoms with Crippen molar-refractivity contribution < 1.29 is 27.5 Å². The van der Waals surface area contributed by atoms with Gasteiger partial charge >= 0.3 is 6.18 Å². The number of carbonyl (C=O) groups is 2. The Morgan fingerprint density at radius 3 is 2.52 bits per heavy atom. The minimum absolute atomic E-state index is 0.0815. The number of halogens is 3. The quantitative estimate of drug-likeness (QED) is 0.766. The van der Waals surface area contributed by atoms with Gasteiger partial charge in [0.05, 0.1) is 0 Å². The molecule has 10 heteroatoms. The summed E-state index contributed by atoms with van der Waals surface area (Å²) in [7, 11) is 0. The number of anilines is 1. The molecule has 0 atom stereocenters. The summed E-state index contributed by atoms with van der Waals surface area (Å²) in [6, 6.07) is 5.90. The molecule has 1 aliphatic rings. The van der Waals surface area contributed by atoms with Crippen LogP contribution < -0.4 is 15.4 Å². The molecule has 0 bridgehead atoms. The minimum Gasteiger partial charge on any atom is -0.461 e. The highest BCUT2D eigenvalue weighted by Gasteiger charge is 2.66. The van der Waals surface area contributed by atoms with Crippen molar-refractivity contribution >= 4 is 17.6 Å². The third-order valence-corrected chi connectivity index (χ3v) is 4.29. The maximum atomic E-state index is 12.9. The van der Waals surface area contributed by atoms with Crippen LogP contribution in [0.4, 0.5) is 19.0 Å². The Morgan fingerprint density at radius 1 is 1.24 bits per heavy atom. The van der Waals surface area contributed by atoms with E-state index in [2.05, 4.69) is 20.6 Å². The monoisotopic (exact) mass is 408 g/mol. The van der Waals surface area contributed by atoms with Gasteiger partial charge in [-0.15, -0.1) is 0 Å². The van der Waals surface area contributed by atoms with E-state index in [1.807, 2.05) is 0 Å². The number of rotatable bonds is 6. The molecular weight excluding hydrogens is 389 g/mol. The molecule has 2 aromatic rings. The van der Waals surface area contributed by atoms with Crippen LogP contribution in [-0.2, 0) is 11.3 Å². The number of nitrogens with zero attached hydrogens (tertiary/aromatic N) is 2. The van der Waals surface area contributed by atoms with E-state index >= 15 is 0 Å². The Morgan fingerprint density at radius 2 is 1.97 bits per heavy atom. The van der Waals surface area contributed by atoms with E-state index in [-0.39, 0.29) is 37.0 Å². The van der Waals surface area contributed by atoms with Crippen molar-refractivity contribution in [2.24, 2.45) is 0 Å². The average Bonchev–Trinajstić information content (AvgIpc) is 3.40. The topological polar surface area (TPSA) is 93.2 Å². The number of hydrogen-bond donors (Lipinski definition) is 2. The summed E-state index contributed by atoms with van der Waals surface area (Å²) in [5, 5.41) is 5.21. The first-order valence-electron chi connectivity index (χ1n) is 8.83. The second-order valence-electron chi connectivity index (χ2n) is 6.85. The maximum absolute atomic E-state index is 12.9. The van der Waals surface area contributed by atoms with Gasteiger partial charge in [0.2, 0.25) is 17.4 Å². The largest absolute Gasteiger partial charge is 0.461 e. The van der Waals surface area contributed by atoms with E-state index in [4.69, 9.17) is 4.74 Å². The SMILES string of the molecule is CC(=O)Nc1cc(C(=O)NCc2ccc(OC3(C(F)(F)F)CC3)nc2)cc(C)n1. The highest BCUT2D eigenvalue weighted by molar-refractivity contribution is 5.96. The smallest absolute Gasteiger partial charge is 0.428 e. The van der Waals surface area contributed by atoms with Crippen molar-refractivity contribution in [1.82, 2.24) is 15.3 Å². The van der Waals surface area contributed by atoms with Crippen molar-refractivity contribution in [1.29, 1.82) is 0 Å². The van der Waals surface area contributed by atoms with Gasteiger partial charge in [-0.05, 0) is 24.6 Å². The Balaban J connectivity index is 1.60. The van der Waals surface area contributed by atoms with Crippen molar-refractivity contribution in [2.75, 3.05) is 5.32 Å². The van der Waals surface area contributed by atoms with Gasteiger partial charge in [-0.25, -0.2) is 9.97 Å². The summed E-state index contributed by atoms with van der Waals surface area (Å²) >= 11 is 0. The second kappa shape index (κ2) is 7.69. The molecular formula is C19H19F3N4O3. The number of carbonyl (C=O) groups excluding carboxylic acids is 2. The van der Waals surface area contributed by atoms with Gasteiger partial charge < -0.3 is 15.4 Å². The molecule has 1 aliphatic carbocycles. The van der Waals surface area contributed by atoms with Crippen molar-refractivity contribution in [2.45, 2.75) is 45.0 Å². The predicted octanol–water partition coefficient (Wildman–Crippen LogP) is 3.15. The summed E-state index contributed by atoms with van der Waals surface area (Å²) in [5.41, 5.74) is -0.658. The van der Waals surface area contributed by atoms with Crippen LogP contribution in [0.2, 0.25) is 0 Å². The van der Waals surface area contributed by atoms with Crippen LogP contribution in [0.1, 0.15) is 41.4 Å². The summed E-state index contributed by atoms with van der Waals surface area (Å²) in [4.78, 5) is 31.5. The highest BCUT2D eigenvalue weighted by atomic mass is 19.4. The van der Waals surface area contributed by atoms with Gasteiger partial charge in [-0.3, -0.25) is 9.59 Å². The zero-order valence-electron chi connectivity index (χ0n) is 15.8. The molecule has 0 aliphatic heterocycles. The molecule has 2 N–H and O–H groups in total. The lowest BCUT2D eigenvalue weighted by molar-refractivity contribution is -0.209. The molecule has 1 fully saturated rings. The molecule has 0 aromatic carbocycles. The summed E-state index contributed by atoms with van der Waals surface area (Å²) in [5.74, 6) is -0.540. The van der Waals surface area contributed by atoms with Crippen LogP contribution in [0, 0.1) is 6.92 Å². The van der Waals surface area contributed by atoms with Crippen LogP contribution in [0.15, 0.2) is 30.5 Å². The fraction of sp³-hybridized carbons (Fsp3) is 0.368. The molecule has 0 radical (unpaired) electrons. The first-order chi connectivity index (χ1) is 13.6. The average molecular weight is 408 g/mol. The summed E-state index contributed by atoms with van der Waals surface area (Å²) < 4.78 is 43.8. The molecule has 2 heterocycles. The molecule has 1 saturated carbocycles. The van der Waals surface area contributed by atoms with Crippen LogP contribution in [-0.4, -0.2) is 33.6 Å². The van der Waals surface area contributed by atoms with Crippen molar-refractivity contribution in [3.63, 3.8) is 0 Å². The van der Waals surface area contributed by atoms with E-state index in [0.29, 0.717) is 16.8 Å². The number of hydrogen-bond acceptors (Lipinski definition) is 5. The molecule has 154 valence electrons. The zero-order valence-corrected chi connectivity index (χ0v) is 15.8. The number of alkyl halides is 3. The Bertz CT molecular complexity index is 925. The summed E-state index contributed by atoms with van der Waals surface area (Å²) in [6.45, 7) is 3.15. The molecule has 0 unspecified atom stereocenters. The Labute approximate surface area is 164 Å². The normalized spacial score (nSPS) is 14.8. The van der Waals surface area contributed by atoms with Crippen LogP contribution in [0.5, 0.6) is 5.88 Å². The second-order valence-corrected chi connectivity index (χ2v) is 6.85. The standard InChI is InChI=1S/C19H19F3N4O3/c1-11-7-14(8-15(25-11)26-12(2)27)17(28)24-10-13-3-4-16(23-9-13)29-18(5-6-18)19(20,21)22/h3-4,7-9H,5-6,10H2,1-2H3,(H,24,28)(H,25,26,27). The first-order valence-corrected chi connectivity index (χ1v) is 8.83. The van der Waals surface area contributed by atoms with E-state index in [9.17, 15) is 22.8 Å². The lowest BCUT2D eigenvalue weighted by Gasteiger charge is -2.20. The van der Waals surface area contributed by atoms with E-state index < -0.39 is 17.7 Å². The first kappa shape index (κ1) is 20.6. The molecule has 7 nitrogen and oxygen atoms in total. The van der Waals surface area contributed by atoms with Gasteiger partial charge in [0.1, 0.15) is 5.82 Å². The van der Waals surface area contributed by atoms with Gasteiger partial charge in [0, 0.05) is 49.8 Å². The van der Waals surface area contributed by atoms with Crippen LogP contribution >= 0.6 is 0 Å². The Kier molecular flexibility index (Phi) is 5.45. The van der Waals surface area contributed by atoms with Crippen LogP contribution in [0.3, 0.4) is 0 Å². The lowest BCUT2D eigenvalue weighted by atomic mass is 10.2. The number of aromatic nitrogens is 2. The number of aryl methyl sites for hydroxylation is 1. The number of pyridine rings is 2. The number of nitrogens with one attached hydrogen (secondary N) is 2. The van der Waals surface area contributed by atoms with Crippen LogP contribution in [0.25, 0.3) is 0 Å². The maximum Gasteiger partial charge on any atom is 0.428 e. The van der Waals surface area contributed by atoms with Gasteiger partial charge in [0.25, 0.3) is 5.91 Å². The van der Waals surface area contributed by atoms with E-state index in [0.717, 1.165) is 0 Å².